The molecule has 2 fully saturated rings. The summed E-state index contributed by atoms with van der Waals surface area (Å²) < 4.78 is 31.0. The molecular weight excluding hydrogens is 484 g/mol. The number of fused-ring (bicyclic) bond motifs is 1. The second-order valence-corrected chi connectivity index (χ2v) is 10.7. The number of carbonyl (C=O) groups excluding carboxylic acids is 1. The molecule has 0 aliphatic carbocycles. The van der Waals surface area contributed by atoms with E-state index in [-0.39, 0.29) is 12.6 Å². The fraction of sp³-hybridized carbons (Fsp3) is 0.667. The van der Waals surface area contributed by atoms with Gasteiger partial charge in [0.1, 0.15) is 5.60 Å². The van der Waals surface area contributed by atoms with Crippen molar-refractivity contribution in [2.75, 3.05) is 37.9 Å². The highest BCUT2D eigenvalue weighted by Gasteiger charge is 2.27. The smallest absolute Gasteiger partial charge is 0.414 e. The van der Waals surface area contributed by atoms with Gasteiger partial charge in [0.05, 0.1) is 36.0 Å². The van der Waals surface area contributed by atoms with Crippen LogP contribution in [0.4, 0.5) is 10.5 Å². The van der Waals surface area contributed by atoms with E-state index in [9.17, 15) is 4.79 Å². The van der Waals surface area contributed by atoms with E-state index in [4.69, 9.17) is 35.3 Å². The summed E-state index contributed by atoms with van der Waals surface area (Å²) in [6, 6.07) is 5.82. The maximum Gasteiger partial charge on any atom is 0.414 e. The third-order valence-corrected chi connectivity index (χ3v) is 6.56. The maximum absolute atomic E-state index is 13.3. The molecule has 2 aliphatic heterocycles. The van der Waals surface area contributed by atoms with E-state index in [0.717, 1.165) is 56.0 Å². The van der Waals surface area contributed by atoms with Gasteiger partial charge in [0.25, 0.3) is 0 Å². The average molecular weight is 523 g/mol. The van der Waals surface area contributed by atoms with E-state index in [0.29, 0.717) is 43.6 Å². The Labute approximate surface area is 218 Å². The van der Waals surface area contributed by atoms with Gasteiger partial charge >= 0.3 is 6.09 Å². The van der Waals surface area contributed by atoms with Gasteiger partial charge < -0.3 is 28.3 Å². The standard InChI is InChI=1S/C27H39ClN2O6/c1-27(2,3)36-26(31)30(14-18-35-24-12-5-7-16-33-24)22-10-8-9-21-25(22)20(28)19-29(21)13-17-34-23-11-4-6-15-32-23/h8-10,19,23-24H,4-7,11-18H2,1-3H3. The van der Waals surface area contributed by atoms with Crippen LogP contribution in [0.1, 0.15) is 59.3 Å². The molecule has 0 radical (unpaired) electrons. The Morgan fingerprint density at radius 3 is 2.33 bits per heavy atom. The van der Waals surface area contributed by atoms with Crippen LogP contribution in [0.25, 0.3) is 10.9 Å². The molecule has 200 valence electrons. The van der Waals surface area contributed by atoms with Crippen molar-refractivity contribution in [3.63, 3.8) is 0 Å². The molecule has 2 unspecified atom stereocenters. The van der Waals surface area contributed by atoms with Crippen LogP contribution in [0, 0.1) is 0 Å². The molecule has 2 saturated heterocycles. The minimum absolute atomic E-state index is 0.137. The molecule has 1 amide bonds. The molecule has 36 heavy (non-hydrogen) atoms. The zero-order valence-corrected chi connectivity index (χ0v) is 22.4. The number of ether oxygens (including phenoxy) is 5. The number of amides is 1. The van der Waals surface area contributed by atoms with Crippen molar-refractivity contribution in [1.29, 1.82) is 0 Å². The van der Waals surface area contributed by atoms with Crippen molar-refractivity contribution in [3.05, 3.63) is 29.4 Å². The Morgan fingerprint density at radius 2 is 1.72 bits per heavy atom. The molecule has 0 N–H and O–H groups in total. The summed E-state index contributed by atoms with van der Waals surface area (Å²) in [5.74, 6) is 0. The first kappa shape index (κ1) is 27.2. The summed E-state index contributed by atoms with van der Waals surface area (Å²) in [4.78, 5) is 14.9. The maximum atomic E-state index is 13.3. The summed E-state index contributed by atoms with van der Waals surface area (Å²) in [6.07, 6.45) is 7.23. The van der Waals surface area contributed by atoms with Gasteiger partial charge in [-0.2, -0.15) is 0 Å². The number of aromatic nitrogens is 1. The zero-order valence-electron chi connectivity index (χ0n) is 21.7. The van der Waals surface area contributed by atoms with Gasteiger partial charge in [-0.25, -0.2) is 4.79 Å². The first-order valence-corrected chi connectivity index (χ1v) is 13.4. The van der Waals surface area contributed by atoms with Crippen LogP contribution < -0.4 is 4.90 Å². The Morgan fingerprint density at radius 1 is 1.06 bits per heavy atom. The van der Waals surface area contributed by atoms with Crippen molar-refractivity contribution in [1.82, 2.24) is 4.57 Å². The van der Waals surface area contributed by atoms with E-state index < -0.39 is 11.7 Å². The number of anilines is 1. The quantitative estimate of drug-likeness (QED) is 0.395. The lowest BCUT2D eigenvalue weighted by Crippen LogP contribution is -2.39. The number of nitrogens with zero attached hydrogens (tertiary/aromatic N) is 2. The largest absolute Gasteiger partial charge is 0.443 e. The van der Waals surface area contributed by atoms with Gasteiger partial charge in [0, 0.05) is 31.3 Å². The molecule has 0 saturated carbocycles. The van der Waals surface area contributed by atoms with Gasteiger partial charge in [0.2, 0.25) is 0 Å². The van der Waals surface area contributed by atoms with Crippen LogP contribution >= 0.6 is 11.6 Å². The summed E-state index contributed by atoms with van der Waals surface area (Å²) in [5.41, 5.74) is 0.983. The monoisotopic (exact) mass is 522 g/mol. The third kappa shape index (κ3) is 7.35. The van der Waals surface area contributed by atoms with Gasteiger partial charge in [0.15, 0.2) is 12.6 Å². The molecule has 0 bridgehead atoms. The van der Waals surface area contributed by atoms with Crippen LogP contribution in [0.3, 0.4) is 0 Å². The van der Waals surface area contributed by atoms with Crippen LogP contribution in [-0.2, 0) is 30.2 Å². The summed E-state index contributed by atoms with van der Waals surface area (Å²) in [6.45, 7) is 8.82. The fourth-order valence-electron chi connectivity index (χ4n) is 4.56. The predicted octanol–water partition coefficient (Wildman–Crippen LogP) is 6.12. The molecule has 9 heteroatoms. The zero-order chi connectivity index (χ0) is 25.5. The van der Waals surface area contributed by atoms with Crippen molar-refractivity contribution < 1.29 is 28.5 Å². The second-order valence-electron chi connectivity index (χ2n) is 10.3. The Bertz CT molecular complexity index is 992. The van der Waals surface area contributed by atoms with E-state index in [1.54, 1.807) is 4.90 Å². The minimum atomic E-state index is -0.634. The molecule has 0 spiro atoms. The summed E-state index contributed by atoms with van der Waals surface area (Å²) >= 11 is 6.73. The van der Waals surface area contributed by atoms with E-state index in [1.807, 2.05) is 45.2 Å². The van der Waals surface area contributed by atoms with Crippen molar-refractivity contribution in [3.8, 4) is 0 Å². The molecule has 1 aromatic carbocycles. The number of benzene rings is 1. The van der Waals surface area contributed by atoms with Gasteiger partial charge in [-0.05, 0) is 71.4 Å². The van der Waals surface area contributed by atoms with Gasteiger partial charge in [-0.3, -0.25) is 4.90 Å². The summed E-state index contributed by atoms with van der Waals surface area (Å²) in [5, 5.41) is 1.37. The normalized spacial score (nSPS) is 21.0. The second kappa shape index (κ2) is 12.6. The summed E-state index contributed by atoms with van der Waals surface area (Å²) in [7, 11) is 0. The minimum Gasteiger partial charge on any atom is -0.443 e. The predicted molar refractivity (Wildman–Crippen MR) is 140 cm³/mol. The Kier molecular flexibility index (Phi) is 9.52. The highest BCUT2D eigenvalue weighted by atomic mass is 35.5. The molecule has 3 heterocycles. The Balaban J connectivity index is 1.51. The van der Waals surface area contributed by atoms with Crippen molar-refractivity contribution in [2.24, 2.45) is 0 Å². The van der Waals surface area contributed by atoms with E-state index in [2.05, 4.69) is 4.57 Å². The number of carbonyl (C=O) groups is 1. The number of hydrogen-bond donors (Lipinski definition) is 0. The average Bonchev–Trinajstić information content (AvgIpc) is 3.18. The van der Waals surface area contributed by atoms with Crippen LogP contribution in [0.15, 0.2) is 24.4 Å². The molecule has 1 aromatic heterocycles. The highest BCUT2D eigenvalue weighted by molar-refractivity contribution is 6.37. The lowest BCUT2D eigenvalue weighted by atomic mass is 10.2. The van der Waals surface area contributed by atoms with E-state index in [1.165, 1.54) is 0 Å². The number of halogens is 1. The third-order valence-electron chi connectivity index (χ3n) is 6.27. The first-order valence-electron chi connectivity index (χ1n) is 13.1. The molecule has 4 rings (SSSR count). The lowest BCUT2D eigenvalue weighted by molar-refractivity contribution is -0.163. The Hall–Kier alpha value is -1.84. The first-order chi connectivity index (χ1) is 17.3. The van der Waals surface area contributed by atoms with Crippen LogP contribution in [0.2, 0.25) is 5.02 Å². The molecule has 2 aliphatic rings. The molecular formula is C27H39ClN2O6. The lowest BCUT2D eigenvalue weighted by Gasteiger charge is -2.29. The fourth-order valence-corrected chi connectivity index (χ4v) is 4.87. The van der Waals surface area contributed by atoms with Crippen LogP contribution in [-0.4, -0.2) is 61.8 Å². The topological polar surface area (TPSA) is 71.4 Å². The van der Waals surface area contributed by atoms with Crippen molar-refractivity contribution in [2.45, 2.75) is 84.0 Å². The van der Waals surface area contributed by atoms with E-state index >= 15 is 0 Å². The SMILES string of the molecule is CC(C)(C)OC(=O)N(CCOC1CCCCO1)c1cccc2c1c(Cl)cn2CCOC1CCCCO1. The molecule has 2 atom stereocenters. The molecule has 8 nitrogen and oxygen atoms in total. The highest BCUT2D eigenvalue weighted by Crippen LogP contribution is 2.35. The van der Waals surface area contributed by atoms with Crippen molar-refractivity contribution >= 4 is 34.3 Å². The van der Waals surface area contributed by atoms with Crippen LogP contribution in [0.5, 0.6) is 0 Å². The van der Waals surface area contributed by atoms with Gasteiger partial charge in [-0.1, -0.05) is 17.7 Å². The number of rotatable bonds is 9. The molecule has 2 aromatic rings. The number of hydrogen-bond acceptors (Lipinski definition) is 6. The van der Waals surface area contributed by atoms with Gasteiger partial charge in [-0.15, -0.1) is 0 Å².